The first-order valence-electron chi connectivity index (χ1n) is 11.1. The Balaban J connectivity index is 0.00000289. The van der Waals surface area contributed by atoms with Crippen LogP contribution in [0.3, 0.4) is 0 Å². The van der Waals surface area contributed by atoms with E-state index in [-0.39, 0.29) is 29.8 Å². The molecule has 2 fully saturated rings. The molecule has 0 saturated carbocycles. The molecule has 2 aliphatic rings. The van der Waals surface area contributed by atoms with Crippen LogP contribution in [-0.4, -0.2) is 63.8 Å². The first-order chi connectivity index (χ1) is 15.2. The average molecular weight is 574 g/mol. The number of anilines is 1. The summed E-state index contributed by atoms with van der Waals surface area (Å²) >= 11 is 1.81. The number of halogens is 2. The minimum absolute atomic E-state index is 0. The van der Waals surface area contributed by atoms with Crippen molar-refractivity contribution in [3.8, 4) is 0 Å². The molecule has 0 aliphatic carbocycles. The van der Waals surface area contributed by atoms with Crippen molar-refractivity contribution >= 4 is 47.0 Å². The van der Waals surface area contributed by atoms with Crippen molar-refractivity contribution in [3.05, 3.63) is 52.0 Å². The van der Waals surface area contributed by atoms with E-state index in [2.05, 4.69) is 38.0 Å². The molecule has 2 saturated heterocycles. The van der Waals surface area contributed by atoms with E-state index in [1.165, 1.54) is 17.7 Å². The van der Waals surface area contributed by atoms with Crippen LogP contribution in [-0.2, 0) is 11.3 Å². The Morgan fingerprint density at radius 3 is 2.59 bits per heavy atom. The molecule has 3 heterocycles. The van der Waals surface area contributed by atoms with Crippen LogP contribution in [0.5, 0.6) is 0 Å². The van der Waals surface area contributed by atoms with Gasteiger partial charge in [-0.15, -0.1) is 35.3 Å². The lowest BCUT2D eigenvalue weighted by atomic mass is 10.1. The standard InChI is InChI=1S/C23H32FN5OS.HI/c1-25-23(27-17-21(22-5-4-14-31-22)28-8-2-3-9-28)26-16-18-6-7-20(19(24)15-18)29-10-12-30-13-11-29;/h4-7,14-15,21H,2-3,8-13,16-17H2,1H3,(H2,25,26,27);1H. The number of hydrogen-bond acceptors (Lipinski definition) is 5. The Hall–Kier alpha value is -1.43. The third kappa shape index (κ3) is 6.55. The third-order valence-electron chi connectivity index (χ3n) is 5.96. The molecule has 2 N–H and O–H groups in total. The number of likely N-dealkylation sites (tertiary alicyclic amines) is 1. The Kier molecular flexibility index (Phi) is 10.0. The van der Waals surface area contributed by atoms with Crippen LogP contribution >= 0.6 is 35.3 Å². The molecule has 6 nitrogen and oxygen atoms in total. The van der Waals surface area contributed by atoms with E-state index in [9.17, 15) is 4.39 Å². The fourth-order valence-corrected chi connectivity index (χ4v) is 5.13. The van der Waals surface area contributed by atoms with Gasteiger partial charge in [0.2, 0.25) is 0 Å². The number of aliphatic imine (C=N–C) groups is 1. The van der Waals surface area contributed by atoms with Crippen LogP contribution in [0.1, 0.15) is 29.3 Å². The summed E-state index contributed by atoms with van der Waals surface area (Å²) in [5.74, 6) is 0.550. The molecule has 0 spiro atoms. The van der Waals surface area contributed by atoms with Crippen molar-refractivity contribution in [2.45, 2.75) is 25.4 Å². The quantitative estimate of drug-likeness (QED) is 0.300. The van der Waals surface area contributed by atoms with Gasteiger partial charge in [-0.1, -0.05) is 12.1 Å². The van der Waals surface area contributed by atoms with Gasteiger partial charge >= 0.3 is 0 Å². The minimum atomic E-state index is -0.184. The van der Waals surface area contributed by atoms with E-state index >= 15 is 0 Å². The van der Waals surface area contributed by atoms with Crippen LogP contribution in [0.4, 0.5) is 10.1 Å². The highest BCUT2D eigenvalue weighted by atomic mass is 127. The smallest absolute Gasteiger partial charge is 0.191 e. The fraction of sp³-hybridized carbons (Fsp3) is 0.522. The van der Waals surface area contributed by atoms with Crippen molar-refractivity contribution < 1.29 is 9.13 Å². The maximum absolute atomic E-state index is 14.7. The second-order valence-electron chi connectivity index (χ2n) is 7.97. The number of morpholine rings is 1. The van der Waals surface area contributed by atoms with Gasteiger partial charge in [0.15, 0.2) is 5.96 Å². The second-order valence-corrected chi connectivity index (χ2v) is 8.95. The summed E-state index contributed by atoms with van der Waals surface area (Å²) < 4.78 is 20.0. The molecule has 1 aromatic heterocycles. The lowest BCUT2D eigenvalue weighted by Gasteiger charge is -2.29. The lowest BCUT2D eigenvalue weighted by Crippen LogP contribution is -2.42. The average Bonchev–Trinajstić information content (AvgIpc) is 3.52. The number of guanidine groups is 1. The van der Waals surface area contributed by atoms with Gasteiger partial charge in [-0.2, -0.15) is 0 Å². The predicted molar refractivity (Wildman–Crippen MR) is 141 cm³/mol. The zero-order valence-electron chi connectivity index (χ0n) is 18.6. The normalized spacial score (nSPS) is 18.3. The number of hydrogen-bond donors (Lipinski definition) is 2. The van der Waals surface area contributed by atoms with E-state index in [1.54, 1.807) is 24.5 Å². The monoisotopic (exact) mass is 573 g/mol. The predicted octanol–water partition coefficient (Wildman–Crippen LogP) is 3.84. The Morgan fingerprint density at radius 2 is 1.94 bits per heavy atom. The van der Waals surface area contributed by atoms with Crippen LogP contribution < -0.4 is 15.5 Å². The van der Waals surface area contributed by atoms with E-state index in [1.807, 2.05) is 17.0 Å². The maximum Gasteiger partial charge on any atom is 0.191 e. The van der Waals surface area contributed by atoms with Crippen LogP contribution in [0, 0.1) is 5.82 Å². The number of nitrogens with zero attached hydrogens (tertiary/aromatic N) is 3. The molecular weight excluding hydrogens is 540 g/mol. The van der Waals surface area contributed by atoms with Gasteiger partial charge in [0.1, 0.15) is 5.82 Å². The first kappa shape index (κ1) is 25.2. The van der Waals surface area contributed by atoms with Gasteiger partial charge < -0.3 is 20.3 Å². The van der Waals surface area contributed by atoms with Crippen LogP contribution in [0.15, 0.2) is 40.7 Å². The van der Waals surface area contributed by atoms with Gasteiger partial charge in [-0.25, -0.2) is 4.39 Å². The van der Waals surface area contributed by atoms with E-state index < -0.39 is 0 Å². The van der Waals surface area contributed by atoms with E-state index in [0.29, 0.717) is 31.5 Å². The molecule has 4 rings (SSSR count). The molecule has 2 aliphatic heterocycles. The number of rotatable bonds is 7. The largest absolute Gasteiger partial charge is 0.378 e. The molecule has 0 amide bonds. The van der Waals surface area contributed by atoms with E-state index in [4.69, 9.17) is 4.74 Å². The highest BCUT2D eigenvalue weighted by molar-refractivity contribution is 14.0. The number of nitrogens with one attached hydrogen (secondary N) is 2. The summed E-state index contributed by atoms with van der Waals surface area (Å²) in [6.07, 6.45) is 2.53. The third-order valence-corrected chi connectivity index (χ3v) is 6.94. The minimum Gasteiger partial charge on any atom is -0.378 e. The van der Waals surface area contributed by atoms with Gasteiger partial charge in [-0.3, -0.25) is 9.89 Å². The summed E-state index contributed by atoms with van der Waals surface area (Å²) in [5.41, 5.74) is 1.55. The van der Waals surface area contributed by atoms with Crippen molar-refractivity contribution in [2.75, 3.05) is 57.9 Å². The number of ether oxygens (including phenoxy) is 1. The second kappa shape index (κ2) is 12.7. The molecule has 176 valence electrons. The lowest BCUT2D eigenvalue weighted by molar-refractivity contribution is 0.122. The van der Waals surface area contributed by atoms with Crippen LogP contribution in [0.2, 0.25) is 0 Å². The zero-order valence-corrected chi connectivity index (χ0v) is 21.7. The van der Waals surface area contributed by atoms with Gasteiger partial charge in [0, 0.05) is 38.1 Å². The van der Waals surface area contributed by atoms with Crippen molar-refractivity contribution in [1.82, 2.24) is 15.5 Å². The Morgan fingerprint density at radius 1 is 1.16 bits per heavy atom. The maximum atomic E-state index is 14.7. The van der Waals surface area contributed by atoms with Crippen molar-refractivity contribution in [3.63, 3.8) is 0 Å². The van der Waals surface area contributed by atoms with Gasteiger partial charge in [0.25, 0.3) is 0 Å². The highest BCUT2D eigenvalue weighted by Crippen LogP contribution is 2.28. The molecule has 1 aromatic carbocycles. The molecule has 1 unspecified atom stereocenters. The molecule has 9 heteroatoms. The van der Waals surface area contributed by atoms with E-state index in [0.717, 1.165) is 44.2 Å². The van der Waals surface area contributed by atoms with Gasteiger partial charge in [-0.05, 0) is 55.1 Å². The molecule has 1 atom stereocenters. The van der Waals surface area contributed by atoms with Crippen LogP contribution in [0.25, 0.3) is 0 Å². The summed E-state index contributed by atoms with van der Waals surface area (Å²) in [5, 5.41) is 8.94. The first-order valence-corrected chi connectivity index (χ1v) is 12.0. The van der Waals surface area contributed by atoms with Crippen molar-refractivity contribution in [2.24, 2.45) is 4.99 Å². The summed E-state index contributed by atoms with van der Waals surface area (Å²) in [4.78, 5) is 10.3. The molecule has 2 aromatic rings. The summed E-state index contributed by atoms with van der Waals surface area (Å²) in [7, 11) is 1.77. The summed E-state index contributed by atoms with van der Waals surface area (Å²) in [6.45, 7) is 6.36. The molecule has 32 heavy (non-hydrogen) atoms. The number of benzene rings is 1. The fourth-order valence-electron chi connectivity index (χ4n) is 4.26. The Bertz CT molecular complexity index is 854. The molecular formula is C23H33FIN5OS. The number of thiophene rings is 1. The zero-order chi connectivity index (χ0) is 21.5. The van der Waals surface area contributed by atoms with Gasteiger partial charge in [0.05, 0.1) is 24.9 Å². The molecule has 0 radical (unpaired) electrons. The molecule has 0 bridgehead atoms. The summed E-state index contributed by atoms with van der Waals surface area (Å²) in [6, 6.07) is 10.1. The Labute approximate surface area is 211 Å². The SMILES string of the molecule is CN=C(NCc1ccc(N2CCOCC2)c(F)c1)NCC(c1cccs1)N1CCCC1.I. The topological polar surface area (TPSA) is 52.1 Å². The highest BCUT2D eigenvalue weighted by Gasteiger charge is 2.24. The van der Waals surface area contributed by atoms with Crippen molar-refractivity contribution in [1.29, 1.82) is 0 Å².